The van der Waals surface area contributed by atoms with E-state index in [1.807, 2.05) is 36.4 Å². The SMILES string of the molecule is COc1ccccc1-n1nnnc1SCC(=O)Nc1cc(Cl)ccc1N1CCCC1. The molecule has 0 spiro atoms. The highest BCUT2D eigenvalue weighted by atomic mass is 35.5. The van der Waals surface area contributed by atoms with E-state index >= 15 is 0 Å². The van der Waals surface area contributed by atoms with Crippen molar-refractivity contribution in [3.63, 3.8) is 0 Å². The molecule has 10 heteroatoms. The molecule has 0 saturated carbocycles. The van der Waals surface area contributed by atoms with Crippen molar-refractivity contribution in [2.75, 3.05) is 36.2 Å². The largest absolute Gasteiger partial charge is 0.494 e. The first-order valence-corrected chi connectivity index (χ1v) is 10.9. The van der Waals surface area contributed by atoms with Crippen LogP contribution in [0.2, 0.25) is 5.02 Å². The minimum absolute atomic E-state index is 0.154. The molecule has 4 rings (SSSR count). The lowest BCUT2D eigenvalue weighted by atomic mass is 10.2. The number of carbonyl (C=O) groups is 1. The first kappa shape index (κ1) is 20.5. The van der Waals surface area contributed by atoms with Gasteiger partial charge in [-0.3, -0.25) is 4.79 Å². The summed E-state index contributed by atoms with van der Waals surface area (Å²) in [6, 6.07) is 13.0. The predicted molar refractivity (Wildman–Crippen MR) is 118 cm³/mol. The number of halogens is 1. The Bertz CT molecular complexity index is 1040. The van der Waals surface area contributed by atoms with Crippen LogP contribution in [0.3, 0.4) is 0 Å². The molecule has 1 aromatic heterocycles. The number of anilines is 2. The number of rotatable bonds is 7. The molecule has 0 radical (unpaired) electrons. The molecule has 1 aliphatic rings. The summed E-state index contributed by atoms with van der Waals surface area (Å²) in [5, 5.41) is 15.9. The Kier molecular flexibility index (Phi) is 6.39. The Morgan fingerprint density at radius 1 is 1.20 bits per heavy atom. The van der Waals surface area contributed by atoms with E-state index in [0.717, 1.165) is 37.3 Å². The highest BCUT2D eigenvalue weighted by Crippen LogP contribution is 2.32. The molecule has 1 N–H and O–H groups in total. The fourth-order valence-corrected chi connectivity index (χ4v) is 4.24. The maximum atomic E-state index is 12.7. The van der Waals surface area contributed by atoms with E-state index in [-0.39, 0.29) is 11.7 Å². The van der Waals surface area contributed by atoms with Gasteiger partial charge in [0.15, 0.2) is 0 Å². The van der Waals surface area contributed by atoms with Gasteiger partial charge in [0.05, 0.1) is 24.2 Å². The van der Waals surface area contributed by atoms with E-state index in [1.165, 1.54) is 11.8 Å². The number of nitrogens with one attached hydrogen (secondary N) is 1. The number of para-hydroxylation sites is 2. The lowest BCUT2D eigenvalue weighted by Gasteiger charge is -2.21. The molecule has 1 saturated heterocycles. The molecule has 0 unspecified atom stereocenters. The fourth-order valence-electron chi connectivity index (χ4n) is 3.38. The van der Waals surface area contributed by atoms with Gasteiger partial charge in [-0.05, 0) is 53.6 Å². The number of ether oxygens (including phenoxy) is 1. The molecular weight excluding hydrogens is 424 g/mol. The Balaban J connectivity index is 1.46. The monoisotopic (exact) mass is 444 g/mol. The average Bonchev–Trinajstić information content (AvgIpc) is 3.44. The van der Waals surface area contributed by atoms with Crippen LogP contribution in [-0.2, 0) is 4.79 Å². The van der Waals surface area contributed by atoms with Gasteiger partial charge in [0, 0.05) is 18.1 Å². The van der Waals surface area contributed by atoms with Crippen molar-refractivity contribution in [2.45, 2.75) is 18.0 Å². The molecule has 0 aliphatic carbocycles. The second-order valence-corrected chi connectivity index (χ2v) is 8.12. The molecule has 2 aromatic carbocycles. The van der Waals surface area contributed by atoms with Gasteiger partial charge in [-0.25, -0.2) is 0 Å². The summed E-state index contributed by atoms with van der Waals surface area (Å²) >= 11 is 7.42. The number of amides is 1. The van der Waals surface area contributed by atoms with Gasteiger partial charge in [-0.2, -0.15) is 4.68 Å². The van der Waals surface area contributed by atoms with E-state index < -0.39 is 0 Å². The lowest BCUT2D eigenvalue weighted by molar-refractivity contribution is -0.113. The van der Waals surface area contributed by atoms with Gasteiger partial charge in [0.25, 0.3) is 0 Å². The fraction of sp³-hybridized carbons (Fsp3) is 0.300. The summed E-state index contributed by atoms with van der Waals surface area (Å²) in [6.07, 6.45) is 2.30. The van der Waals surface area contributed by atoms with Crippen LogP contribution in [0.1, 0.15) is 12.8 Å². The van der Waals surface area contributed by atoms with Crippen LogP contribution in [-0.4, -0.2) is 52.1 Å². The van der Waals surface area contributed by atoms with Crippen molar-refractivity contribution in [3.8, 4) is 11.4 Å². The molecule has 0 atom stereocenters. The van der Waals surface area contributed by atoms with Crippen LogP contribution in [0.5, 0.6) is 5.75 Å². The Morgan fingerprint density at radius 3 is 2.80 bits per heavy atom. The molecule has 2 heterocycles. The number of benzene rings is 2. The number of nitrogens with zero attached hydrogens (tertiary/aromatic N) is 5. The third-order valence-corrected chi connectivity index (χ3v) is 5.92. The van der Waals surface area contributed by atoms with Crippen molar-refractivity contribution in [1.29, 1.82) is 0 Å². The third kappa shape index (κ3) is 4.52. The summed E-state index contributed by atoms with van der Waals surface area (Å²) in [7, 11) is 1.59. The third-order valence-electron chi connectivity index (χ3n) is 4.77. The highest BCUT2D eigenvalue weighted by molar-refractivity contribution is 7.99. The zero-order valence-electron chi connectivity index (χ0n) is 16.4. The summed E-state index contributed by atoms with van der Waals surface area (Å²) in [5.41, 5.74) is 2.42. The molecule has 8 nitrogen and oxygen atoms in total. The maximum absolute atomic E-state index is 12.7. The van der Waals surface area contributed by atoms with E-state index in [9.17, 15) is 4.79 Å². The molecule has 1 amide bonds. The first-order valence-electron chi connectivity index (χ1n) is 9.54. The van der Waals surface area contributed by atoms with Gasteiger partial charge in [-0.15, -0.1) is 5.10 Å². The van der Waals surface area contributed by atoms with Crippen molar-refractivity contribution in [2.24, 2.45) is 0 Å². The normalized spacial score (nSPS) is 13.5. The van der Waals surface area contributed by atoms with E-state index in [1.54, 1.807) is 17.9 Å². The number of hydrogen-bond acceptors (Lipinski definition) is 7. The van der Waals surface area contributed by atoms with Crippen molar-refractivity contribution >= 4 is 40.6 Å². The van der Waals surface area contributed by atoms with Crippen molar-refractivity contribution in [1.82, 2.24) is 20.2 Å². The summed E-state index contributed by atoms with van der Waals surface area (Å²) < 4.78 is 6.94. The van der Waals surface area contributed by atoms with Gasteiger partial charge in [-0.1, -0.05) is 35.5 Å². The lowest BCUT2D eigenvalue weighted by Crippen LogP contribution is -2.22. The van der Waals surface area contributed by atoms with Crippen LogP contribution >= 0.6 is 23.4 Å². The molecule has 156 valence electrons. The number of hydrogen-bond donors (Lipinski definition) is 1. The zero-order valence-corrected chi connectivity index (χ0v) is 18.0. The Hall–Kier alpha value is -2.78. The molecule has 0 bridgehead atoms. The van der Waals surface area contributed by atoms with Gasteiger partial charge in [0.2, 0.25) is 11.1 Å². The first-order chi connectivity index (χ1) is 14.7. The van der Waals surface area contributed by atoms with Gasteiger partial charge in [0.1, 0.15) is 11.4 Å². The van der Waals surface area contributed by atoms with Crippen LogP contribution in [0.15, 0.2) is 47.6 Å². The maximum Gasteiger partial charge on any atom is 0.234 e. The minimum atomic E-state index is -0.155. The molecule has 1 aliphatic heterocycles. The Labute approximate surface area is 183 Å². The molecule has 1 fully saturated rings. The van der Waals surface area contributed by atoms with Crippen LogP contribution in [0.25, 0.3) is 5.69 Å². The smallest absolute Gasteiger partial charge is 0.234 e. The predicted octanol–water partition coefficient (Wildman–Crippen LogP) is 3.66. The highest BCUT2D eigenvalue weighted by Gasteiger charge is 2.19. The summed E-state index contributed by atoms with van der Waals surface area (Å²) in [5.74, 6) is 0.643. The van der Waals surface area contributed by atoms with Crippen molar-refractivity contribution in [3.05, 3.63) is 47.5 Å². The van der Waals surface area contributed by atoms with E-state index in [4.69, 9.17) is 16.3 Å². The number of carbonyl (C=O) groups excluding carboxylic acids is 1. The number of methoxy groups -OCH3 is 1. The summed E-state index contributed by atoms with van der Waals surface area (Å²) in [6.45, 7) is 1.96. The number of aromatic nitrogens is 4. The molecule has 3 aromatic rings. The van der Waals surface area contributed by atoms with Crippen molar-refractivity contribution < 1.29 is 9.53 Å². The van der Waals surface area contributed by atoms with Gasteiger partial charge < -0.3 is 15.0 Å². The van der Waals surface area contributed by atoms with Crippen LogP contribution < -0.4 is 15.0 Å². The second kappa shape index (κ2) is 9.36. The molecule has 30 heavy (non-hydrogen) atoms. The number of tetrazole rings is 1. The van der Waals surface area contributed by atoms with Crippen LogP contribution in [0.4, 0.5) is 11.4 Å². The average molecular weight is 445 g/mol. The van der Waals surface area contributed by atoms with E-state index in [2.05, 4.69) is 25.7 Å². The molecular formula is C20H21ClN6O2S. The standard InChI is InChI=1S/C20H21ClN6O2S/c1-29-18-7-3-2-6-17(18)27-20(23-24-25-27)30-13-19(28)22-15-12-14(21)8-9-16(15)26-10-4-5-11-26/h2-3,6-9,12H,4-5,10-11,13H2,1H3,(H,22,28). The quantitative estimate of drug-likeness (QED) is 0.556. The van der Waals surface area contributed by atoms with Crippen LogP contribution in [0, 0.1) is 0 Å². The van der Waals surface area contributed by atoms with Gasteiger partial charge >= 0.3 is 0 Å². The van der Waals surface area contributed by atoms with E-state index in [0.29, 0.717) is 21.6 Å². The topological polar surface area (TPSA) is 85.2 Å². The summed E-state index contributed by atoms with van der Waals surface area (Å²) in [4.78, 5) is 14.9. The second-order valence-electron chi connectivity index (χ2n) is 6.74. The minimum Gasteiger partial charge on any atom is -0.494 e. The number of thioether (sulfide) groups is 1. The zero-order chi connectivity index (χ0) is 20.9. The Morgan fingerprint density at radius 2 is 2.00 bits per heavy atom.